The smallest absolute Gasteiger partial charge is 0.221 e. The van der Waals surface area contributed by atoms with Gasteiger partial charge in [-0.2, -0.15) is 0 Å². The zero-order valence-corrected chi connectivity index (χ0v) is 7.98. The van der Waals surface area contributed by atoms with Gasteiger partial charge in [-0.15, -0.1) is 12.6 Å². The van der Waals surface area contributed by atoms with Gasteiger partial charge < -0.3 is 5.32 Å². The molecule has 0 aliphatic heterocycles. The fraction of sp³-hybridized carbons (Fsp3) is 0.222. The first-order valence-electron chi connectivity index (χ1n) is 3.67. The third-order valence-corrected chi connectivity index (χ3v) is 2.01. The van der Waals surface area contributed by atoms with E-state index < -0.39 is 0 Å². The number of amides is 1. The maximum Gasteiger partial charge on any atom is 0.221 e. The van der Waals surface area contributed by atoms with E-state index in [1.807, 2.05) is 25.1 Å². The normalized spacial score (nSPS) is 9.58. The molecular weight excluding hydrogens is 170 g/mol. The maximum atomic E-state index is 10.7. The number of thiol groups is 1. The van der Waals surface area contributed by atoms with Gasteiger partial charge >= 0.3 is 0 Å². The molecule has 3 heteroatoms. The summed E-state index contributed by atoms with van der Waals surface area (Å²) in [5.74, 6) is -0.0633. The van der Waals surface area contributed by atoms with Gasteiger partial charge in [0.25, 0.3) is 0 Å². The third-order valence-electron chi connectivity index (χ3n) is 1.53. The molecule has 0 aliphatic carbocycles. The predicted molar refractivity (Wildman–Crippen MR) is 52.7 cm³/mol. The molecule has 0 heterocycles. The summed E-state index contributed by atoms with van der Waals surface area (Å²) in [5, 5.41) is 2.68. The first-order valence-corrected chi connectivity index (χ1v) is 4.11. The summed E-state index contributed by atoms with van der Waals surface area (Å²) in [5.41, 5.74) is 1.89. The van der Waals surface area contributed by atoms with Gasteiger partial charge in [-0.1, -0.05) is 6.07 Å². The fourth-order valence-corrected chi connectivity index (χ4v) is 1.10. The molecule has 1 N–H and O–H groups in total. The quantitative estimate of drug-likeness (QED) is 0.639. The van der Waals surface area contributed by atoms with Gasteiger partial charge in [0.05, 0.1) is 0 Å². The Morgan fingerprint density at radius 2 is 2.17 bits per heavy atom. The van der Waals surface area contributed by atoms with Crippen LogP contribution in [0, 0.1) is 6.92 Å². The summed E-state index contributed by atoms with van der Waals surface area (Å²) >= 11 is 4.24. The van der Waals surface area contributed by atoms with E-state index >= 15 is 0 Å². The highest BCUT2D eigenvalue weighted by Gasteiger charge is 1.97. The molecule has 0 fully saturated rings. The molecule has 64 valence electrons. The Hall–Kier alpha value is -0.960. The summed E-state index contributed by atoms with van der Waals surface area (Å²) in [4.78, 5) is 11.6. The molecule has 1 aromatic rings. The minimum absolute atomic E-state index is 0.0633. The van der Waals surface area contributed by atoms with Crippen molar-refractivity contribution in [2.45, 2.75) is 18.7 Å². The van der Waals surface area contributed by atoms with Gasteiger partial charge in [0.1, 0.15) is 0 Å². The van der Waals surface area contributed by atoms with E-state index in [1.165, 1.54) is 6.92 Å². The number of nitrogens with one attached hydrogen (secondary N) is 1. The topological polar surface area (TPSA) is 29.1 Å². The Labute approximate surface area is 77.4 Å². The average molecular weight is 181 g/mol. The van der Waals surface area contributed by atoms with Crippen LogP contribution in [0.3, 0.4) is 0 Å². The molecule has 0 spiro atoms. The summed E-state index contributed by atoms with van der Waals surface area (Å²) < 4.78 is 0. The molecule has 1 aromatic carbocycles. The largest absolute Gasteiger partial charge is 0.326 e. The lowest BCUT2D eigenvalue weighted by atomic mass is 10.2. The zero-order valence-electron chi connectivity index (χ0n) is 7.09. The van der Waals surface area contributed by atoms with Crippen molar-refractivity contribution >= 4 is 24.2 Å². The Kier molecular flexibility index (Phi) is 2.76. The van der Waals surface area contributed by atoms with Gasteiger partial charge in [-0.05, 0) is 24.6 Å². The lowest BCUT2D eigenvalue weighted by Gasteiger charge is -2.04. The van der Waals surface area contributed by atoms with Crippen LogP contribution < -0.4 is 5.32 Å². The van der Waals surface area contributed by atoms with Gasteiger partial charge in [0.15, 0.2) is 0 Å². The molecular formula is C9H11NOS. The number of carbonyl (C=O) groups is 1. The number of hydrogen-bond donors (Lipinski definition) is 2. The molecule has 0 aromatic heterocycles. The van der Waals surface area contributed by atoms with Gasteiger partial charge in [-0.25, -0.2) is 0 Å². The average Bonchev–Trinajstić information content (AvgIpc) is 1.96. The third kappa shape index (κ3) is 2.27. The summed E-state index contributed by atoms with van der Waals surface area (Å²) in [6.07, 6.45) is 0. The number of benzene rings is 1. The van der Waals surface area contributed by atoms with Crippen LogP contribution in [0.2, 0.25) is 0 Å². The molecule has 0 radical (unpaired) electrons. The summed E-state index contributed by atoms with van der Waals surface area (Å²) in [6, 6.07) is 5.61. The van der Waals surface area contributed by atoms with Crippen LogP contribution >= 0.6 is 12.6 Å². The highest BCUT2D eigenvalue weighted by Crippen LogP contribution is 2.17. The second-order valence-corrected chi connectivity index (χ2v) is 3.16. The lowest BCUT2D eigenvalue weighted by Crippen LogP contribution is -2.05. The second-order valence-electron chi connectivity index (χ2n) is 2.68. The molecule has 1 amide bonds. The predicted octanol–water partition coefficient (Wildman–Crippen LogP) is 2.24. The number of carbonyl (C=O) groups excluding carboxylic acids is 1. The fourth-order valence-electron chi connectivity index (χ4n) is 0.890. The van der Waals surface area contributed by atoms with Crippen LogP contribution in [-0.4, -0.2) is 5.91 Å². The van der Waals surface area contributed by atoms with Crippen molar-refractivity contribution < 1.29 is 4.79 Å². The standard InChI is InChI=1S/C9H11NOS/c1-6-3-4-8(5-9(6)12)10-7(2)11/h3-5,12H,1-2H3,(H,10,11). The van der Waals surface area contributed by atoms with Crippen molar-refractivity contribution in [1.29, 1.82) is 0 Å². The SMILES string of the molecule is CC(=O)Nc1ccc(C)c(S)c1. The summed E-state index contributed by atoms with van der Waals surface area (Å²) in [6.45, 7) is 3.46. The Balaban J connectivity index is 2.89. The molecule has 0 atom stereocenters. The molecule has 1 rings (SSSR count). The van der Waals surface area contributed by atoms with Crippen molar-refractivity contribution in [1.82, 2.24) is 0 Å². The minimum Gasteiger partial charge on any atom is -0.326 e. The highest BCUT2D eigenvalue weighted by molar-refractivity contribution is 7.80. The minimum atomic E-state index is -0.0633. The van der Waals surface area contributed by atoms with Crippen molar-refractivity contribution in [3.63, 3.8) is 0 Å². The van der Waals surface area contributed by atoms with E-state index in [2.05, 4.69) is 17.9 Å². The monoisotopic (exact) mass is 181 g/mol. The van der Waals surface area contributed by atoms with Crippen molar-refractivity contribution in [2.75, 3.05) is 5.32 Å². The van der Waals surface area contributed by atoms with Crippen LogP contribution in [0.4, 0.5) is 5.69 Å². The maximum absolute atomic E-state index is 10.7. The molecule has 0 unspecified atom stereocenters. The Morgan fingerprint density at radius 1 is 1.50 bits per heavy atom. The molecule has 0 saturated heterocycles. The molecule has 2 nitrogen and oxygen atoms in total. The summed E-state index contributed by atoms with van der Waals surface area (Å²) in [7, 11) is 0. The van der Waals surface area contributed by atoms with E-state index in [1.54, 1.807) is 0 Å². The first-order chi connectivity index (χ1) is 5.59. The molecule has 12 heavy (non-hydrogen) atoms. The van der Waals surface area contributed by atoms with Crippen LogP contribution in [0.5, 0.6) is 0 Å². The van der Waals surface area contributed by atoms with Crippen LogP contribution in [0.1, 0.15) is 12.5 Å². The number of aryl methyl sites for hydroxylation is 1. The van der Waals surface area contributed by atoms with Crippen LogP contribution in [0.25, 0.3) is 0 Å². The zero-order chi connectivity index (χ0) is 9.14. The molecule has 0 bridgehead atoms. The van der Waals surface area contributed by atoms with E-state index in [0.717, 1.165) is 16.1 Å². The molecule has 0 aliphatic rings. The van der Waals surface area contributed by atoms with Gasteiger partial charge in [-0.3, -0.25) is 4.79 Å². The Bertz CT molecular complexity index is 309. The van der Waals surface area contributed by atoms with E-state index in [0.29, 0.717) is 0 Å². The van der Waals surface area contributed by atoms with E-state index in [9.17, 15) is 4.79 Å². The van der Waals surface area contributed by atoms with Gasteiger partial charge in [0.2, 0.25) is 5.91 Å². The van der Waals surface area contributed by atoms with E-state index in [-0.39, 0.29) is 5.91 Å². The Morgan fingerprint density at radius 3 is 2.67 bits per heavy atom. The van der Waals surface area contributed by atoms with Crippen LogP contribution in [0.15, 0.2) is 23.1 Å². The van der Waals surface area contributed by atoms with Crippen molar-refractivity contribution in [3.05, 3.63) is 23.8 Å². The number of rotatable bonds is 1. The number of hydrogen-bond acceptors (Lipinski definition) is 2. The lowest BCUT2D eigenvalue weighted by molar-refractivity contribution is -0.114. The molecule has 0 saturated carbocycles. The highest BCUT2D eigenvalue weighted by atomic mass is 32.1. The van der Waals surface area contributed by atoms with Crippen molar-refractivity contribution in [3.8, 4) is 0 Å². The van der Waals surface area contributed by atoms with E-state index in [4.69, 9.17) is 0 Å². The number of anilines is 1. The second kappa shape index (κ2) is 3.63. The van der Waals surface area contributed by atoms with Gasteiger partial charge in [0, 0.05) is 17.5 Å². The first kappa shape index (κ1) is 9.13. The van der Waals surface area contributed by atoms with Crippen molar-refractivity contribution in [2.24, 2.45) is 0 Å². The van der Waals surface area contributed by atoms with Crippen LogP contribution in [-0.2, 0) is 4.79 Å².